The van der Waals surface area contributed by atoms with Crippen LogP contribution in [0.15, 0.2) is 0 Å². The molecule has 0 rings (SSSR count). The van der Waals surface area contributed by atoms with Gasteiger partial charge in [-0.05, 0) is 26.3 Å². The minimum absolute atomic E-state index is 0.681. The van der Waals surface area contributed by atoms with E-state index in [0.29, 0.717) is 6.04 Å². The zero-order valence-electron chi connectivity index (χ0n) is 10.5. The van der Waals surface area contributed by atoms with Crippen LogP contribution in [0.1, 0.15) is 64.7 Å². The normalized spacial score (nSPS) is 12.3. The van der Waals surface area contributed by atoms with Gasteiger partial charge in [0, 0.05) is 12.5 Å². The topological polar surface area (TPSA) is 12.0 Å². The van der Waals surface area contributed by atoms with E-state index in [-0.39, 0.29) is 0 Å². The molecule has 0 bridgehead atoms. The Morgan fingerprint density at radius 2 is 1.73 bits per heavy atom. The maximum Gasteiger partial charge on any atom is 0.00866 e. The fraction of sp³-hybridized carbons (Fsp3) is 0.857. The molecule has 0 aromatic rings. The molecule has 0 radical (unpaired) electrons. The third-order valence-electron chi connectivity index (χ3n) is 2.94. The van der Waals surface area contributed by atoms with Gasteiger partial charge in [-0.3, -0.25) is 0 Å². The standard InChI is InChI=1S/C14H27N/c1-4-6-8-9-11-13-14(15-3)12-10-7-5-2/h2,14-15H,4,6-13H2,1,3H3. The van der Waals surface area contributed by atoms with Gasteiger partial charge in [-0.15, -0.1) is 12.3 Å². The molecular formula is C14H27N. The van der Waals surface area contributed by atoms with Crippen LogP contribution in [0.5, 0.6) is 0 Å². The van der Waals surface area contributed by atoms with Crippen molar-refractivity contribution in [3.63, 3.8) is 0 Å². The first-order valence-corrected chi connectivity index (χ1v) is 6.45. The van der Waals surface area contributed by atoms with Crippen molar-refractivity contribution >= 4 is 0 Å². The first kappa shape index (κ1) is 14.5. The predicted molar refractivity (Wildman–Crippen MR) is 68.9 cm³/mol. The van der Waals surface area contributed by atoms with E-state index in [1.54, 1.807) is 0 Å². The summed E-state index contributed by atoms with van der Waals surface area (Å²) in [5.74, 6) is 2.70. The summed E-state index contributed by atoms with van der Waals surface area (Å²) >= 11 is 0. The van der Waals surface area contributed by atoms with Crippen molar-refractivity contribution in [3.05, 3.63) is 0 Å². The fourth-order valence-electron chi connectivity index (χ4n) is 1.88. The van der Waals surface area contributed by atoms with Gasteiger partial charge < -0.3 is 5.32 Å². The molecule has 0 heterocycles. The van der Waals surface area contributed by atoms with Gasteiger partial charge >= 0.3 is 0 Å². The summed E-state index contributed by atoms with van der Waals surface area (Å²) in [7, 11) is 2.06. The van der Waals surface area contributed by atoms with E-state index < -0.39 is 0 Å². The highest BCUT2D eigenvalue weighted by molar-refractivity contribution is 4.83. The van der Waals surface area contributed by atoms with Gasteiger partial charge in [0.1, 0.15) is 0 Å². The van der Waals surface area contributed by atoms with Crippen LogP contribution in [0.4, 0.5) is 0 Å². The van der Waals surface area contributed by atoms with E-state index >= 15 is 0 Å². The SMILES string of the molecule is C#CCCCC(CCCCCCC)NC. The van der Waals surface area contributed by atoms with Crippen LogP contribution in [0.2, 0.25) is 0 Å². The highest BCUT2D eigenvalue weighted by atomic mass is 14.9. The Labute approximate surface area is 96.0 Å². The third-order valence-corrected chi connectivity index (χ3v) is 2.94. The monoisotopic (exact) mass is 209 g/mol. The molecule has 1 unspecified atom stereocenters. The minimum Gasteiger partial charge on any atom is -0.317 e. The average molecular weight is 209 g/mol. The van der Waals surface area contributed by atoms with Crippen molar-refractivity contribution in [2.75, 3.05) is 7.05 Å². The van der Waals surface area contributed by atoms with Crippen LogP contribution in [0, 0.1) is 12.3 Å². The molecule has 0 spiro atoms. The summed E-state index contributed by atoms with van der Waals surface area (Å²) in [5, 5.41) is 3.38. The zero-order chi connectivity index (χ0) is 11.4. The highest BCUT2D eigenvalue weighted by Crippen LogP contribution is 2.11. The second-order valence-electron chi connectivity index (χ2n) is 4.28. The van der Waals surface area contributed by atoms with Crippen LogP contribution in [-0.4, -0.2) is 13.1 Å². The molecule has 1 N–H and O–H groups in total. The maximum atomic E-state index is 5.24. The van der Waals surface area contributed by atoms with Crippen LogP contribution in [-0.2, 0) is 0 Å². The summed E-state index contributed by atoms with van der Waals surface area (Å²) in [6.45, 7) is 2.26. The molecule has 0 aromatic heterocycles. The van der Waals surface area contributed by atoms with Crippen molar-refractivity contribution in [2.45, 2.75) is 70.8 Å². The Bertz CT molecular complexity index is 157. The lowest BCUT2D eigenvalue weighted by molar-refractivity contribution is 0.450. The van der Waals surface area contributed by atoms with Gasteiger partial charge in [0.15, 0.2) is 0 Å². The molecule has 0 aliphatic rings. The quantitative estimate of drug-likeness (QED) is 0.427. The second-order valence-corrected chi connectivity index (χ2v) is 4.28. The Balaban J connectivity index is 3.32. The van der Waals surface area contributed by atoms with E-state index in [4.69, 9.17) is 6.42 Å². The molecule has 15 heavy (non-hydrogen) atoms. The lowest BCUT2D eigenvalue weighted by Crippen LogP contribution is -2.24. The van der Waals surface area contributed by atoms with Crippen LogP contribution >= 0.6 is 0 Å². The summed E-state index contributed by atoms with van der Waals surface area (Å²) in [6, 6.07) is 0.681. The molecule has 0 aromatic carbocycles. The van der Waals surface area contributed by atoms with E-state index in [0.717, 1.165) is 12.8 Å². The Hall–Kier alpha value is -0.480. The molecule has 1 heteroatoms. The zero-order valence-corrected chi connectivity index (χ0v) is 10.5. The summed E-state index contributed by atoms with van der Waals surface area (Å²) < 4.78 is 0. The van der Waals surface area contributed by atoms with E-state index in [1.165, 1.54) is 44.9 Å². The van der Waals surface area contributed by atoms with E-state index in [1.807, 2.05) is 0 Å². The lowest BCUT2D eigenvalue weighted by Gasteiger charge is -2.15. The van der Waals surface area contributed by atoms with Gasteiger partial charge in [-0.2, -0.15) is 0 Å². The number of hydrogen-bond donors (Lipinski definition) is 1. The van der Waals surface area contributed by atoms with Gasteiger partial charge in [0.25, 0.3) is 0 Å². The van der Waals surface area contributed by atoms with Crippen molar-refractivity contribution in [2.24, 2.45) is 0 Å². The van der Waals surface area contributed by atoms with Crippen molar-refractivity contribution in [1.29, 1.82) is 0 Å². The second kappa shape index (κ2) is 11.6. The fourth-order valence-corrected chi connectivity index (χ4v) is 1.88. The molecule has 0 aliphatic heterocycles. The van der Waals surface area contributed by atoms with Crippen molar-refractivity contribution in [3.8, 4) is 12.3 Å². The molecule has 0 aliphatic carbocycles. The van der Waals surface area contributed by atoms with Crippen LogP contribution in [0.3, 0.4) is 0 Å². The molecule has 1 nitrogen and oxygen atoms in total. The Morgan fingerprint density at radius 3 is 2.33 bits per heavy atom. The number of nitrogens with one attached hydrogen (secondary N) is 1. The minimum atomic E-state index is 0.681. The molecule has 0 saturated heterocycles. The molecule has 1 atom stereocenters. The molecule has 0 amide bonds. The van der Waals surface area contributed by atoms with Crippen LogP contribution < -0.4 is 5.32 Å². The molecule has 0 fully saturated rings. The molecular weight excluding hydrogens is 182 g/mol. The van der Waals surface area contributed by atoms with E-state index in [2.05, 4.69) is 25.2 Å². The van der Waals surface area contributed by atoms with Gasteiger partial charge in [0.05, 0.1) is 0 Å². The van der Waals surface area contributed by atoms with Gasteiger partial charge in [0.2, 0.25) is 0 Å². The molecule has 0 saturated carbocycles. The predicted octanol–water partition coefficient (Wildman–Crippen LogP) is 3.74. The van der Waals surface area contributed by atoms with Crippen molar-refractivity contribution in [1.82, 2.24) is 5.32 Å². The Kier molecular flexibility index (Phi) is 11.2. The van der Waals surface area contributed by atoms with Gasteiger partial charge in [-0.1, -0.05) is 39.0 Å². The largest absolute Gasteiger partial charge is 0.317 e. The summed E-state index contributed by atoms with van der Waals surface area (Å²) in [4.78, 5) is 0. The lowest BCUT2D eigenvalue weighted by atomic mass is 10.0. The summed E-state index contributed by atoms with van der Waals surface area (Å²) in [6.07, 6.45) is 16.7. The first-order valence-electron chi connectivity index (χ1n) is 6.45. The highest BCUT2D eigenvalue weighted by Gasteiger charge is 2.04. The Morgan fingerprint density at radius 1 is 1.07 bits per heavy atom. The van der Waals surface area contributed by atoms with Crippen molar-refractivity contribution < 1.29 is 0 Å². The first-order chi connectivity index (χ1) is 7.35. The van der Waals surface area contributed by atoms with Crippen LogP contribution in [0.25, 0.3) is 0 Å². The van der Waals surface area contributed by atoms with E-state index in [9.17, 15) is 0 Å². The number of hydrogen-bond acceptors (Lipinski definition) is 1. The van der Waals surface area contributed by atoms with Gasteiger partial charge in [-0.25, -0.2) is 0 Å². The number of unbranched alkanes of at least 4 members (excludes halogenated alkanes) is 5. The maximum absolute atomic E-state index is 5.24. The third kappa shape index (κ3) is 9.82. The number of rotatable bonds is 10. The summed E-state index contributed by atoms with van der Waals surface area (Å²) in [5.41, 5.74) is 0. The smallest absolute Gasteiger partial charge is 0.00866 e. The number of terminal acetylenes is 1. The average Bonchev–Trinajstić information content (AvgIpc) is 2.26. The molecule has 88 valence electrons.